The van der Waals surface area contributed by atoms with Crippen LogP contribution in [-0.4, -0.2) is 30.1 Å². The molecule has 0 radical (unpaired) electrons. The lowest BCUT2D eigenvalue weighted by atomic mass is 9.96. The molecule has 0 fully saturated rings. The average Bonchev–Trinajstić information content (AvgIpc) is 2.35. The Balaban J connectivity index is 3.19. The van der Waals surface area contributed by atoms with Crippen LogP contribution in [0.2, 0.25) is 0 Å². The van der Waals surface area contributed by atoms with Gasteiger partial charge >= 0.3 is 0 Å². The van der Waals surface area contributed by atoms with E-state index >= 15 is 0 Å². The summed E-state index contributed by atoms with van der Waals surface area (Å²) in [4.78, 5) is 11.7. The quantitative estimate of drug-likeness (QED) is 0.852. The minimum Gasteiger partial charge on any atom is -0.370 e. The molecule has 120 valence electrons. The van der Waals surface area contributed by atoms with Crippen molar-refractivity contribution in [3.8, 4) is 0 Å². The summed E-state index contributed by atoms with van der Waals surface area (Å²) < 4.78 is 0. The number of aromatic nitrogens is 2. The highest BCUT2D eigenvalue weighted by Gasteiger charge is 2.19. The van der Waals surface area contributed by atoms with Gasteiger partial charge in [-0.2, -0.15) is 0 Å². The molecular weight excluding hydrogens is 260 g/mol. The first-order valence-electron chi connectivity index (χ1n) is 7.99. The van der Waals surface area contributed by atoms with Gasteiger partial charge in [-0.3, -0.25) is 0 Å². The molecule has 0 saturated carbocycles. The highest BCUT2D eigenvalue weighted by atomic mass is 15.2. The maximum atomic E-state index is 4.80. The van der Waals surface area contributed by atoms with Crippen molar-refractivity contribution in [2.45, 2.75) is 60.8 Å². The van der Waals surface area contributed by atoms with E-state index in [0.717, 1.165) is 42.5 Å². The Bertz CT molecular complexity index is 461. The normalized spacial score (nSPS) is 11.9. The largest absolute Gasteiger partial charge is 0.370 e. The summed E-state index contributed by atoms with van der Waals surface area (Å²) in [6.45, 7) is 17.2. The third-order valence-corrected chi connectivity index (χ3v) is 3.27. The highest BCUT2D eigenvalue weighted by Crippen LogP contribution is 2.27. The van der Waals surface area contributed by atoms with Gasteiger partial charge in [0.15, 0.2) is 0 Å². The molecule has 1 N–H and O–H groups in total. The van der Waals surface area contributed by atoms with E-state index < -0.39 is 0 Å². The fourth-order valence-corrected chi connectivity index (χ4v) is 2.35. The van der Waals surface area contributed by atoms with E-state index in [-0.39, 0.29) is 5.41 Å². The summed E-state index contributed by atoms with van der Waals surface area (Å²) in [5, 5.41) is 3.44. The maximum Gasteiger partial charge on any atom is 0.137 e. The molecule has 4 nitrogen and oxygen atoms in total. The molecule has 0 saturated heterocycles. The van der Waals surface area contributed by atoms with Gasteiger partial charge in [-0.25, -0.2) is 9.97 Å². The Labute approximate surface area is 130 Å². The van der Waals surface area contributed by atoms with Gasteiger partial charge in [-0.05, 0) is 18.8 Å². The average molecular weight is 292 g/mol. The van der Waals surface area contributed by atoms with E-state index in [2.05, 4.69) is 65.7 Å². The molecule has 21 heavy (non-hydrogen) atoms. The van der Waals surface area contributed by atoms with Gasteiger partial charge in [0.05, 0.1) is 0 Å². The third-order valence-electron chi connectivity index (χ3n) is 3.27. The van der Waals surface area contributed by atoms with Crippen LogP contribution >= 0.6 is 0 Å². The molecule has 0 aliphatic rings. The minimum atomic E-state index is 0.237. The summed E-state index contributed by atoms with van der Waals surface area (Å²) in [5.74, 6) is 3.26. The summed E-state index contributed by atoms with van der Waals surface area (Å²) in [5.41, 5.74) is 1.38. The molecule has 0 aromatic carbocycles. The Kier molecular flexibility index (Phi) is 5.99. The molecule has 0 unspecified atom stereocenters. The Morgan fingerprint density at radius 1 is 1.19 bits per heavy atom. The smallest absolute Gasteiger partial charge is 0.137 e. The fraction of sp³-hybridized carbons (Fsp3) is 0.765. The van der Waals surface area contributed by atoms with Gasteiger partial charge in [0, 0.05) is 31.6 Å². The van der Waals surface area contributed by atoms with Crippen LogP contribution in [0, 0.1) is 12.3 Å². The van der Waals surface area contributed by atoms with Crippen LogP contribution < -0.4 is 10.2 Å². The number of rotatable bonds is 6. The van der Waals surface area contributed by atoms with Crippen LogP contribution in [0.4, 0.5) is 11.6 Å². The van der Waals surface area contributed by atoms with Crippen LogP contribution in [-0.2, 0) is 0 Å². The molecule has 1 heterocycles. The zero-order chi connectivity index (χ0) is 16.2. The molecule has 0 atom stereocenters. The predicted molar refractivity (Wildman–Crippen MR) is 92.4 cm³/mol. The number of hydrogen-bond acceptors (Lipinski definition) is 4. The van der Waals surface area contributed by atoms with E-state index in [1.165, 1.54) is 0 Å². The predicted octanol–water partition coefficient (Wildman–Crippen LogP) is 4.21. The second-order valence-electron chi connectivity index (χ2n) is 7.38. The van der Waals surface area contributed by atoms with E-state index in [1.54, 1.807) is 0 Å². The van der Waals surface area contributed by atoms with Crippen molar-refractivity contribution in [1.29, 1.82) is 0 Å². The van der Waals surface area contributed by atoms with Gasteiger partial charge in [0.2, 0.25) is 0 Å². The molecule has 0 bridgehead atoms. The molecule has 0 aliphatic carbocycles. The zero-order valence-corrected chi connectivity index (χ0v) is 15.0. The number of nitrogens with one attached hydrogen (secondary N) is 1. The summed E-state index contributed by atoms with van der Waals surface area (Å²) in [6.07, 6.45) is 1.09. The van der Waals surface area contributed by atoms with Crippen molar-refractivity contribution in [1.82, 2.24) is 9.97 Å². The standard InChI is InChI=1S/C17H32N4/c1-9-10-18-15-13(4)16(20-14(19-15)12(2)3)21(8)11-17(5,6)7/h12H,9-11H2,1-8H3,(H,18,19,20). The first kappa shape index (κ1) is 17.7. The van der Waals surface area contributed by atoms with Crippen molar-refractivity contribution in [2.24, 2.45) is 5.41 Å². The minimum absolute atomic E-state index is 0.237. The van der Waals surface area contributed by atoms with Crippen LogP contribution in [0.15, 0.2) is 0 Å². The molecular formula is C17H32N4. The summed E-state index contributed by atoms with van der Waals surface area (Å²) in [7, 11) is 2.12. The van der Waals surface area contributed by atoms with Gasteiger partial charge < -0.3 is 10.2 Å². The number of nitrogens with zero attached hydrogens (tertiary/aromatic N) is 3. The van der Waals surface area contributed by atoms with Gasteiger partial charge in [-0.1, -0.05) is 41.5 Å². The van der Waals surface area contributed by atoms with Crippen LogP contribution in [0.25, 0.3) is 0 Å². The van der Waals surface area contributed by atoms with Gasteiger partial charge in [-0.15, -0.1) is 0 Å². The zero-order valence-electron chi connectivity index (χ0n) is 15.0. The van der Waals surface area contributed by atoms with Gasteiger partial charge in [0.25, 0.3) is 0 Å². The second kappa shape index (κ2) is 7.10. The van der Waals surface area contributed by atoms with Crippen LogP contribution in [0.3, 0.4) is 0 Å². The van der Waals surface area contributed by atoms with Crippen molar-refractivity contribution in [3.05, 3.63) is 11.4 Å². The van der Waals surface area contributed by atoms with E-state index in [0.29, 0.717) is 5.92 Å². The van der Waals surface area contributed by atoms with Gasteiger partial charge in [0.1, 0.15) is 17.5 Å². The third kappa shape index (κ3) is 5.18. The van der Waals surface area contributed by atoms with E-state index in [1.807, 2.05) is 0 Å². The number of hydrogen-bond donors (Lipinski definition) is 1. The summed E-state index contributed by atoms with van der Waals surface area (Å²) >= 11 is 0. The monoisotopic (exact) mass is 292 g/mol. The molecule has 4 heteroatoms. The molecule has 1 rings (SSSR count). The SMILES string of the molecule is CCCNc1nc(C(C)C)nc(N(C)CC(C)(C)C)c1C. The summed E-state index contributed by atoms with van der Waals surface area (Å²) in [6, 6.07) is 0. The Morgan fingerprint density at radius 2 is 1.81 bits per heavy atom. The molecule has 0 aliphatic heterocycles. The van der Waals surface area contributed by atoms with Crippen molar-refractivity contribution < 1.29 is 0 Å². The highest BCUT2D eigenvalue weighted by molar-refractivity contribution is 5.58. The lowest BCUT2D eigenvalue weighted by Crippen LogP contribution is -2.31. The van der Waals surface area contributed by atoms with Crippen molar-refractivity contribution >= 4 is 11.6 Å². The second-order valence-corrected chi connectivity index (χ2v) is 7.38. The molecule has 1 aromatic rings. The molecule has 0 amide bonds. The van der Waals surface area contributed by atoms with Crippen LogP contribution in [0.1, 0.15) is 65.3 Å². The Morgan fingerprint density at radius 3 is 2.29 bits per heavy atom. The van der Waals surface area contributed by atoms with Crippen LogP contribution in [0.5, 0.6) is 0 Å². The van der Waals surface area contributed by atoms with Crippen molar-refractivity contribution in [2.75, 3.05) is 30.4 Å². The fourth-order valence-electron chi connectivity index (χ4n) is 2.35. The first-order chi connectivity index (χ1) is 9.65. The maximum absolute atomic E-state index is 4.80. The lowest BCUT2D eigenvalue weighted by Gasteiger charge is -2.29. The Hall–Kier alpha value is -1.32. The first-order valence-corrected chi connectivity index (χ1v) is 7.99. The van der Waals surface area contributed by atoms with Crippen molar-refractivity contribution in [3.63, 3.8) is 0 Å². The number of anilines is 2. The van der Waals surface area contributed by atoms with E-state index in [9.17, 15) is 0 Å². The molecule has 1 aromatic heterocycles. The van der Waals surface area contributed by atoms with E-state index in [4.69, 9.17) is 9.97 Å². The lowest BCUT2D eigenvalue weighted by molar-refractivity contribution is 0.417. The topological polar surface area (TPSA) is 41.1 Å². The molecule has 0 spiro atoms.